The van der Waals surface area contributed by atoms with E-state index in [9.17, 15) is 0 Å². The Bertz CT molecular complexity index is 1840. The number of aromatic nitrogens is 1. The first kappa shape index (κ1) is 19.1. The van der Waals surface area contributed by atoms with E-state index in [1.54, 1.807) is 0 Å². The average Bonchev–Trinajstić information content (AvgIpc) is 3.40. The molecule has 3 heteroatoms. The highest BCUT2D eigenvalue weighted by Gasteiger charge is 2.17. The van der Waals surface area contributed by atoms with Crippen molar-refractivity contribution in [3.8, 4) is 16.8 Å². The summed E-state index contributed by atoms with van der Waals surface area (Å²) in [5.74, 6) is 0. The lowest BCUT2D eigenvalue weighted by atomic mass is 10.0. The second kappa shape index (κ2) is 7.31. The van der Waals surface area contributed by atoms with Crippen LogP contribution in [0.1, 0.15) is 0 Å². The molecule has 0 atom stereocenters. The molecule has 0 fully saturated rings. The second-order valence-corrected chi connectivity index (χ2v) is 10.3. The van der Waals surface area contributed by atoms with Crippen LogP contribution in [0.4, 0.5) is 0 Å². The Morgan fingerprint density at radius 2 is 1.30 bits per heavy atom. The molecule has 0 aliphatic carbocycles. The molecule has 0 saturated carbocycles. The molecule has 0 amide bonds. The number of halogens is 1. The van der Waals surface area contributed by atoms with Gasteiger partial charge in [-0.25, -0.2) is 0 Å². The minimum absolute atomic E-state index is 1.11. The molecule has 0 saturated heterocycles. The van der Waals surface area contributed by atoms with Gasteiger partial charge in [0, 0.05) is 35.4 Å². The third kappa shape index (κ3) is 2.83. The number of rotatable bonds is 2. The summed E-state index contributed by atoms with van der Waals surface area (Å²) in [5.41, 5.74) is 6.11. The summed E-state index contributed by atoms with van der Waals surface area (Å²) in [6.45, 7) is 0. The van der Waals surface area contributed by atoms with Gasteiger partial charge in [-0.3, -0.25) is 0 Å². The van der Waals surface area contributed by atoms with Crippen molar-refractivity contribution in [2.45, 2.75) is 0 Å². The molecule has 7 rings (SSSR count). The van der Waals surface area contributed by atoms with Crippen molar-refractivity contribution in [2.75, 3.05) is 0 Å². The molecule has 156 valence electrons. The van der Waals surface area contributed by atoms with Crippen LogP contribution in [0.5, 0.6) is 0 Å². The van der Waals surface area contributed by atoms with E-state index >= 15 is 0 Å². The lowest BCUT2D eigenvalue weighted by Gasteiger charge is -2.11. The molecule has 0 spiro atoms. The van der Waals surface area contributed by atoms with Gasteiger partial charge in [-0.2, -0.15) is 0 Å². The van der Waals surface area contributed by atoms with Crippen molar-refractivity contribution < 1.29 is 0 Å². The maximum absolute atomic E-state index is 3.74. The van der Waals surface area contributed by atoms with Gasteiger partial charge in [0.15, 0.2) is 0 Å². The minimum atomic E-state index is 1.11. The number of benzene rings is 5. The zero-order chi connectivity index (χ0) is 21.9. The number of hydrogen-bond donors (Lipinski definition) is 0. The molecule has 2 aromatic heterocycles. The van der Waals surface area contributed by atoms with Crippen LogP contribution in [0, 0.1) is 0 Å². The van der Waals surface area contributed by atoms with E-state index in [2.05, 4.69) is 130 Å². The predicted molar refractivity (Wildman–Crippen MR) is 147 cm³/mol. The third-order valence-electron chi connectivity index (χ3n) is 6.48. The fourth-order valence-corrected chi connectivity index (χ4v) is 6.68. The predicted octanol–water partition coefficient (Wildman–Crippen LogP) is 9.58. The summed E-state index contributed by atoms with van der Waals surface area (Å²) >= 11 is 5.61. The van der Waals surface area contributed by atoms with Gasteiger partial charge in [-0.15, -0.1) is 11.3 Å². The highest BCUT2D eigenvalue weighted by molar-refractivity contribution is 9.10. The van der Waals surface area contributed by atoms with Crippen molar-refractivity contribution in [1.29, 1.82) is 0 Å². The molecule has 0 radical (unpaired) electrons. The summed E-state index contributed by atoms with van der Waals surface area (Å²) in [4.78, 5) is 0. The summed E-state index contributed by atoms with van der Waals surface area (Å²) in [6, 6.07) is 39.4. The van der Waals surface area contributed by atoms with E-state index in [1.165, 1.54) is 58.8 Å². The fourth-order valence-electron chi connectivity index (χ4n) is 5.04. The van der Waals surface area contributed by atoms with Crippen LogP contribution in [-0.2, 0) is 0 Å². The van der Waals surface area contributed by atoms with Gasteiger partial charge in [-0.05, 0) is 47.5 Å². The third-order valence-corrected chi connectivity index (χ3v) is 8.31. The molecule has 0 bridgehead atoms. The largest absolute Gasteiger partial charge is 0.309 e. The molecule has 1 nitrogen and oxygen atoms in total. The summed E-state index contributed by atoms with van der Waals surface area (Å²) < 4.78 is 6.21. The second-order valence-electron chi connectivity index (χ2n) is 8.31. The lowest BCUT2D eigenvalue weighted by molar-refractivity contribution is 1.20. The van der Waals surface area contributed by atoms with Crippen LogP contribution in [0.3, 0.4) is 0 Å². The van der Waals surface area contributed by atoms with Gasteiger partial charge >= 0.3 is 0 Å². The summed E-state index contributed by atoms with van der Waals surface area (Å²) in [5, 5.41) is 5.20. The van der Waals surface area contributed by atoms with Crippen LogP contribution in [0.25, 0.3) is 58.8 Å². The molecule has 2 heterocycles. The highest BCUT2D eigenvalue weighted by atomic mass is 79.9. The van der Waals surface area contributed by atoms with Crippen LogP contribution >= 0.6 is 27.3 Å². The number of thiophene rings is 1. The van der Waals surface area contributed by atoms with Crippen LogP contribution in [0.2, 0.25) is 0 Å². The fraction of sp³-hybridized carbons (Fsp3) is 0. The number of nitrogens with zero attached hydrogens (tertiary/aromatic N) is 1. The molecule has 0 aliphatic heterocycles. The molecular weight excluding hydrogens is 486 g/mol. The van der Waals surface area contributed by atoms with Gasteiger partial charge in [0.1, 0.15) is 0 Å². The monoisotopic (exact) mass is 503 g/mol. The molecule has 33 heavy (non-hydrogen) atoms. The summed E-state index contributed by atoms with van der Waals surface area (Å²) in [7, 11) is 0. The van der Waals surface area contributed by atoms with Crippen LogP contribution in [-0.4, -0.2) is 4.57 Å². The van der Waals surface area contributed by atoms with Gasteiger partial charge in [0.2, 0.25) is 0 Å². The SMILES string of the molecule is Brc1ccccc1-c1ccc2c3ccccc3n(-c3cccc4sc5ccccc5c34)c2c1. The smallest absolute Gasteiger partial charge is 0.0555 e. The molecule has 0 unspecified atom stereocenters. The number of para-hydroxylation sites is 1. The van der Waals surface area contributed by atoms with E-state index in [1.807, 2.05) is 11.3 Å². The van der Waals surface area contributed by atoms with Gasteiger partial charge in [0.25, 0.3) is 0 Å². The van der Waals surface area contributed by atoms with Crippen molar-refractivity contribution in [2.24, 2.45) is 0 Å². The van der Waals surface area contributed by atoms with E-state index in [4.69, 9.17) is 0 Å². The van der Waals surface area contributed by atoms with E-state index < -0.39 is 0 Å². The average molecular weight is 504 g/mol. The highest BCUT2D eigenvalue weighted by Crippen LogP contribution is 2.41. The van der Waals surface area contributed by atoms with Crippen LogP contribution < -0.4 is 0 Å². The molecule has 7 aromatic rings. The summed E-state index contributed by atoms with van der Waals surface area (Å²) in [6.07, 6.45) is 0. The van der Waals surface area contributed by atoms with Crippen molar-refractivity contribution in [1.82, 2.24) is 4.57 Å². The minimum Gasteiger partial charge on any atom is -0.309 e. The topological polar surface area (TPSA) is 4.93 Å². The van der Waals surface area contributed by atoms with E-state index in [-0.39, 0.29) is 0 Å². The molecule has 5 aromatic carbocycles. The Kier molecular flexibility index (Phi) is 4.23. The van der Waals surface area contributed by atoms with Gasteiger partial charge in [0.05, 0.1) is 16.7 Å². The Morgan fingerprint density at radius 1 is 0.576 bits per heavy atom. The standard InChI is InChI=1S/C30H18BrNS/c31-24-11-4-1-8-20(24)19-16-17-22-21-9-2-5-12-25(21)32(27(22)18-19)26-13-7-15-29-30(26)23-10-3-6-14-28(23)33-29/h1-18H. The number of hydrogen-bond acceptors (Lipinski definition) is 1. The van der Waals surface area contributed by atoms with Crippen molar-refractivity contribution in [3.63, 3.8) is 0 Å². The Labute approximate surface area is 203 Å². The van der Waals surface area contributed by atoms with Gasteiger partial charge in [-0.1, -0.05) is 88.7 Å². The first-order chi connectivity index (χ1) is 16.3. The normalized spacial score (nSPS) is 11.8. The first-order valence-electron chi connectivity index (χ1n) is 11.0. The lowest BCUT2D eigenvalue weighted by Crippen LogP contribution is -1.94. The molecular formula is C30H18BrNS. The van der Waals surface area contributed by atoms with Crippen molar-refractivity contribution >= 4 is 69.2 Å². The van der Waals surface area contributed by atoms with E-state index in [0.29, 0.717) is 0 Å². The Balaban J connectivity index is 1.64. The zero-order valence-corrected chi connectivity index (χ0v) is 20.0. The molecule has 0 aliphatic rings. The van der Waals surface area contributed by atoms with E-state index in [0.717, 1.165) is 4.47 Å². The molecule has 0 N–H and O–H groups in total. The quantitative estimate of drug-likeness (QED) is 0.221. The number of fused-ring (bicyclic) bond motifs is 6. The van der Waals surface area contributed by atoms with Crippen LogP contribution in [0.15, 0.2) is 114 Å². The Morgan fingerprint density at radius 3 is 2.21 bits per heavy atom. The zero-order valence-electron chi connectivity index (χ0n) is 17.6. The maximum atomic E-state index is 3.74. The van der Waals surface area contributed by atoms with Crippen molar-refractivity contribution in [3.05, 3.63) is 114 Å². The maximum Gasteiger partial charge on any atom is 0.0555 e. The first-order valence-corrected chi connectivity index (χ1v) is 12.6. The Hall–Kier alpha value is -3.40. The van der Waals surface area contributed by atoms with Gasteiger partial charge < -0.3 is 4.57 Å².